The molecule has 2 fully saturated rings. The van der Waals surface area contributed by atoms with Crippen molar-refractivity contribution in [2.45, 2.75) is 89.9 Å². The van der Waals surface area contributed by atoms with Gasteiger partial charge in [0.15, 0.2) is 23.1 Å². The summed E-state index contributed by atoms with van der Waals surface area (Å²) in [6, 6.07) is 6.36. The van der Waals surface area contributed by atoms with Crippen LogP contribution >= 0.6 is 0 Å². The summed E-state index contributed by atoms with van der Waals surface area (Å²) in [7, 11) is 0. The van der Waals surface area contributed by atoms with Gasteiger partial charge in [-0.3, -0.25) is 0 Å². The maximum Gasteiger partial charge on any atom is 0.200 e. The van der Waals surface area contributed by atoms with Crippen molar-refractivity contribution >= 4 is 0 Å². The molecular weight excluding hydrogens is 468 g/mol. The lowest BCUT2D eigenvalue weighted by Crippen LogP contribution is -2.20. The van der Waals surface area contributed by atoms with E-state index in [1.165, 1.54) is 18.9 Å². The van der Waals surface area contributed by atoms with Gasteiger partial charge >= 0.3 is 0 Å². The first-order valence-corrected chi connectivity index (χ1v) is 13.6. The Bertz CT molecular complexity index is 1010. The van der Waals surface area contributed by atoms with Gasteiger partial charge in [-0.2, -0.15) is 8.78 Å². The van der Waals surface area contributed by atoms with E-state index in [0.29, 0.717) is 29.9 Å². The molecule has 2 aliphatic carbocycles. The first-order valence-electron chi connectivity index (χ1n) is 13.6. The third kappa shape index (κ3) is 6.00. The van der Waals surface area contributed by atoms with E-state index in [1.807, 2.05) is 0 Å². The molecule has 0 radical (unpaired) electrons. The summed E-state index contributed by atoms with van der Waals surface area (Å²) in [5.74, 6) is -2.69. The fraction of sp³-hybridized carbons (Fsp3) is 0.600. The zero-order valence-electron chi connectivity index (χ0n) is 21.4. The van der Waals surface area contributed by atoms with Gasteiger partial charge in [-0.15, -0.1) is 0 Å². The highest BCUT2D eigenvalue weighted by Gasteiger charge is 2.29. The fourth-order valence-corrected chi connectivity index (χ4v) is 6.12. The maximum atomic E-state index is 14.9. The van der Waals surface area contributed by atoms with E-state index in [1.54, 1.807) is 25.1 Å². The maximum absolute atomic E-state index is 14.9. The van der Waals surface area contributed by atoms with Crippen LogP contribution in [0.4, 0.5) is 17.6 Å². The Labute approximate surface area is 212 Å². The molecular formula is C30H38F4O2. The van der Waals surface area contributed by atoms with Gasteiger partial charge in [-0.05, 0) is 105 Å². The van der Waals surface area contributed by atoms with Crippen molar-refractivity contribution in [2.24, 2.45) is 11.8 Å². The summed E-state index contributed by atoms with van der Waals surface area (Å²) in [4.78, 5) is 0. The predicted molar refractivity (Wildman–Crippen MR) is 134 cm³/mol. The van der Waals surface area contributed by atoms with Crippen LogP contribution in [0.3, 0.4) is 0 Å². The van der Waals surface area contributed by atoms with E-state index in [-0.39, 0.29) is 42.5 Å². The Morgan fingerprint density at radius 2 is 1.08 bits per heavy atom. The third-order valence-corrected chi connectivity index (χ3v) is 8.20. The minimum Gasteiger partial charge on any atom is -0.491 e. The smallest absolute Gasteiger partial charge is 0.200 e. The molecule has 2 saturated carbocycles. The van der Waals surface area contributed by atoms with Crippen LogP contribution < -0.4 is 9.47 Å². The highest BCUT2D eigenvalue weighted by Crippen LogP contribution is 2.41. The van der Waals surface area contributed by atoms with Crippen LogP contribution in [0.15, 0.2) is 24.3 Å². The van der Waals surface area contributed by atoms with Crippen LogP contribution in [0.2, 0.25) is 0 Å². The van der Waals surface area contributed by atoms with Crippen molar-refractivity contribution in [3.8, 4) is 11.5 Å². The monoisotopic (exact) mass is 506 g/mol. The average Bonchev–Trinajstić information content (AvgIpc) is 2.89. The SMILES string of the molecule is CCCC1CCC(c2ccc(OCC3CCC(c4ccc(OCC)c(F)c4F)CC3)c(F)c2F)CC1. The fourth-order valence-electron chi connectivity index (χ4n) is 6.12. The van der Waals surface area contributed by atoms with Crippen LogP contribution in [-0.4, -0.2) is 13.2 Å². The second-order valence-corrected chi connectivity index (χ2v) is 10.5. The van der Waals surface area contributed by atoms with Crippen molar-refractivity contribution in [1.82, 2.24) is 0 Å². The lowest BCUT2D eigenvalue weighted by Gasteiger charge is -2.30. The Morgan fingerprint density at radius 3 is 1.56 bits per heavy atom. The van der Waals surface area contributed by atoms with Crippen molar-refractivity contribution in [3.05, 3.63) is 58.7 Å². The molecule has 0 bridgehead atoms. The van der Waals surface area contributed by atoms with Crippen molar-refractivity contribution in [2.75, 3.05) is 13.2 Å². The topological polar surface area (TPSA) is 18.5 Å². The molecule has 0 spiro atoms. The van der Waals surface area contributed by atoms with Crippen molar-refractivity contribution < 1.29 is 27.0 Å². The van der Waals surface area contributed by atoms with Gasteiger partial charge in [0.2, 0.25) is 11.6 Å². The number of benzene rings is 2. The Kier molecular flexibility index (Phi) is 9.19. The first kappa shape index (κ1) is 26.8. The van der Waals surface area contributed by atoms with E-state index < -0.39 is 23.3 Å². The van der Waals surface area contributed by atoms with Crippen LogP contribution in [0.25, 0.3) is 0 Å². The minimum absolute atomic E-state index is 0.0438. The molecule has 2 nitrogen and oxygen atoms in total. The van der Waals surface area contributed by atoms with Crippen LogP contribution in [0.1, 0.15) is 101 Å². The molecule has 0 aliphatic heterocycles. The molecule has 6 heteroatoms. The van der Waals surface area contributed by atoms with Gasteiger partial charge in [-0.1, -0.05) is 31.9 Å². The summed E-state index contributed by atoms with van der Waals surface area (Å²) < 4.78 is 69.4. The van der Waals surface area contributed by atoms with E-state index in [9.17, 15) is 17.6 Å². The molecule has 0 N–H and O–H groups in total. The molecule has 0 saturated heterocycles. The van der Waals surface area contributed by atoms with Crippen LogP contribution in [0.5, 0.6) is 11.5 Å². The summed E-state index contributed by atoms with van der Waals surface area (Å²) in [5, 5.41) is 0. The van der Waals surface area contributed by atoms with Gasteiger partial charge < -0.3 is 9.47 Å². The van der Waals surface area contributed by atoms with Crippen LogP contribution in [-0.2, 0) is 0 Å². The number of hydrogen-bond donors (Lipinski definition) is 0. The summed E-state index contributed by atoms with van der Waals surface area (Å²) in [6.45, 7) is 4.47. The molecule has 2 aromatic carbocycles. The van der Waals surface area contributed by atoms with E-state index in [2.05, 4.69) is 6.92 Å². The van der Waals surface area contributed by atoms with Crippen LogP contribution in [0, 0.1) is 35.1 Å². The molecule has 2 aromatic rings. The second kappa shape index (κ2) is 12.3. The number of hydrogen-bond acceptors (Lipinski definition) is 2. The zero-order valence-corrected chi connectivity index (χ0v) is 21.4. The zero-order chi connectivity index (χ0) is 25.7. The normalized spacial score (nSPS) is 24.5. The lowest BCUT2D eigenvalue weighted by molar-refractivity contribution is 0.191. The number of rotatable bonds is 9. The van der Waals surface area contributed by atoms with Gasteiger partial charge in [0.1, 0.15) is 0 Å². The quantitative estimate of drug-likeness (QED) is 0.316. The lowest BCUT2D eigenvalue weighted by atomic mass is 9.77. The van der Waals surface area contributed by atoms with Gasteiger partial charge in [0.25, 0.3) is 0 Å². The Balaban J connectivity index is 1.30. The molecule has 0 heterocycles. The Hall–Kier alpha value is -2.24. The minimum atomic E-state index is -0.935. The van der Waals surface area contributed by atoms with E-state index in [0.717, 1.165) is 38.5 Å². The van der Waals surface area contributed by atoms with E-state index >= 15 is 0 Å². The second-order valence-electron chi connectivity index (χ2n) is 10.5. The average molecular weight is 507 g/mol. The van der Waals surface area contributed by atoms with Gasteiger partial charge in [-0.25, -0.2) is 8.78 Å². The third-order valence-electron chi connectivity index (χ3n) is 8.20. The van der Waals surface area contributed by atoms with Gasteiger partial charge in [0, 0.05) is 0 Å². The highest BCUT2D eigenvalue weighted by molar-refractivity contribution is 5.34. The largest absolute Gasteiger partial charge is 0.491 e. The van der Waals surface area contributed by atoms with Crippen molar-refractivity contribution in [1.29, 1.82) is 0 Å². The molecule has 2 aliphatic rings. The molecule has 0 amide bonds. The Morgan fingerprint density at radius 1 is 0.611 bits per heavy atom. The predicted octanol–water partition coefficient (Wildman–Crippen LogP) is 9.07. The summed E-state index contributed by atoms with van der Waals surface area (Å²) in [6.07, 6.45) is 9.23. The highest BCUT2D eigenvalue weighted by atomic mass is 19.2. The van der Waals surface area contributed by atoms with Gasteiger partial charge in [0.05, 0.1) is 13.2 Å². The summed E-state index contributed by atoms with van der Waals surface area (Å²) >= 11 is 0. The molecule has 0 aromatic heterocycles. The molecule has 0 atom stereocenters. The molecule has 4 rings (SSSR count). The van der Waals surface area contributed by atoms with E-state index in [4.69, 9.17) is 9.47 Å². The first-order chi connectivity index (χ1) is 17.4. The summed E-state index contributed by atoms with van der Waals surface area (Å²) in [5.41, 5.74) is 0.850. The van der Waals surface area contributed by atoms with Crippen molar-refractivity contribution in [3.63, 3.8) is 0 Å². The molecule has 198 valence electrons. The number of halogens is 4. The number of ether oxygens (including phenoxy) is 2. The molecule has 0 unspecified atom stereocenters. The standard InChI is InChI=1S/C30H38F4O2/c1-3-5-19-6-10-21(11-7-19)24-15-17-26(30(34)28(24)32)36-18-20-8-12-22(13-9-20)23-14-16-25(35-4-2)29(33)27(23)31/h14-17,19-22H,3-13,18H2,1-2H3. The molecule has 36 heavy (non-hydrogen) atoms.